The quantitative estimate of drug-likeness (QED) is 0.621. The second kappa shape index (κ2) is 8.20. The van der Waals surface area contributed by atoms with Crippen LogP contribution in [-0.4, -0.2) is 36.5 Å². The molecule has 2 amide bonds. The number of amides is 2. The lowest BCUT2D eigenvalue weighted by Gasteiger charge is -2.25. The highest BCUT2D eigenvalue weighted by Gasteiger charge is 2.16. The van der Waals surface area contributed by atoms with Crippen molar-refractivity contribution < 1.29 is 14.1 Å². The van der Waals surface area contributed by atoms with E-state index in [0.717, 1.165) is 5.56 Å². The van der Waals surface area contributed by atoms with E-state index in [1.54, 1.807) is 18.2 Å². The standard InChI is InChI=1S/C17H19FN4O3/c1-21(2)16(12-6-8-13(18)9-7-12)11-19-17(23)20-14-4-3-5-15(10-14)22(24)25/h3-10,16H,11H2,1-2H3,(H2,19,20,23). The number of likely N-dealkylation sites (N-methyl/N-ethyl adjacent to an activating group) is 1. The predicted molar refractivity (Wildman–Crippen MR) is 92.9 cm³/mol. The number of carbonyl (C=O) groups excluding carboxylic acids is 1. The summed E-state index contributed by atoms with van der Waals surface area (Å²) in [6.45, 7) is 0.291. The van der Waals surface area contributed by atoms with Crippen LogP contribution in [0.2, 0.25) is 0 Å². The molecule has 0 aliphatic heterocycles. The lowest BCUT2D eigenvalue weighted by atomic mass is 10.1. The number of nitro groups is 1. The van der Waals surface area contributed by atoms with Crippen molar-refractivity contribution in [1.29, 1.82) is 0 Å². The molecule has 2 aromatic rings. The van der Waals surface area contributed by atoms with Gasteiger partial charge in [-0.05, 0) is 37.9 Å². The minimum absolute atomic E-state index is 0.102. The van der Waals surface area contributed by atoms with Crippen molar-refractivity contribution in [2.75, 3.05) is 26.0 Å². The molecule has 1 unspecified atom stereocenters. The third-order valence-electron chi connectivity index (χ3n) is 3.65. The number of non-ortho nitro benzene ring substituents is 1. The summed E-state index contributed by atoms with van der Waals surface area (Å²) in [6.07, 6.45) is 0. The summed E-state index contributed by atoms with van der Waals surface area (Å²) in [4.78, 5) is 24.2. The van der Waals surface area contributed by atoms with Crippen LogP contribution in [0.5, 0.6) is 0 Å². The van der Waals surface area contributed by atoms with Gasteiger partial charge in [-0.15, -0.1) is 0 Å². The van der Waals surface area contributed by atoms with Crippen LogP contribution in [0.25, 0.3) is 0 Å². The molecule has 0 heterocycles. The number of benzene rings is 2. The van der Waals surface area contributed by atoms with Crippen molar-refractivity contribution in [2.45, 2.75) is 6.04 Å². The van der Waals surface area contributed by atoms with E-state index in [4.69, 9.17) is 0 Å². The number of hydrogen-bond donors (Lipinski definition) is 2. The smallest absolute Gasteiger partial charge is 0.319 e. The van der Waals surface area contributed by atoms with Crippen LogP contribution in [-0.2, 0) is 0 Å². The summed E-state index contributed by atoms with van der Waals surface area (Å²) in [5.41, 5.74) is 1.09. The van der Waals surface area contributed by atoms with Crippen LogP contribution in [0.4, 0.5) is 20.6 Å². The van der Waals surface area contributed by atoms with Gasteiger partial charge in [0.2, 0.25) is 0 Å². The molecule has 8 heteroatoms. The number of urea groups is 1. The molecular weight excluding hydrogens is 327 g/mol. The molecule has 0 saturated heterocycles. The fraction of sp³-hybridized carbons (Fsp3) is 0.235. The van der Waals surface area contributed by atoms with Gasteiger partial charge in [-0.2, -0.15) is 0 Å². The maximum atomic E-state index is 13.1. The summed E-state index contributed by atoms with van der Waals surface area (Å²) in [7, 11) is 3.71. The Balaban J connectivity index is 1.98. The first-order valence-electron chi connectivity index (χ1n) is 7.58. The molecule has 1 atom stereocenters. The summed E-state index contributed by atoms with van der Waals surface area (Å²) in [5.74, 6) is -0.322. The Morgan fingerprint density at radius 2 is 1.92 bits per heavy atom. The van der Waals surface area contributed by atoms with Gasteiger partial charge < -0.3 is 15.5 Å². The molecule has 0 aliphatic carbocycles. The average Bonchev–Trinajstić information content (AvgIpc) is 2.56. The van der Waals surface area contributed by atoms with Crippen LogP contribution >= 0.6 is 0 Å². The Kier molecular flexibility index (Phi) is 6.02. The average molecular weight is 346 g/mol. The Hall–Kier alpha value is -3.00. The van der Waals surface area contributed by atoms with E-state index < -0.39 is 11.0 Å². The van der Waals surface area contributed by atoms with Crippen LogP contribution in [0.1, 0.15) is 11.6 Å². The number of hydrogen-bond acceptors (Lipinski definition) is 4. The zero-order valence-corrected chi connectivity index (χ0v) is 13.9. The van der Waals surface area contributed by atoms with E-state index >= 15 is 0 Å². The maximum Gasteiger partial charge on any atom is 0.319 e. The number of nitrogens with zero attached hydrogens (tertiary/aromatic N) is 2. The predicted octanol–water partition coefficient (Wildman–Crippen LogP) is 3.16. The highest BCUT2D eigenvalue weighted by atomic mass is 19.1. The summed E-state index contributed by atoms with van der Waals surface area (Å²) in [5, 5.41) is 16.0. The summed E-state index contributed by atoms with van der Waals surface area (Å²) >= 11 is 0. The molecule has 7 nitrogen and oxygen atoms in total. The molecule has 0 aromatic heterocycles. The third-order valence-corrected chi connectivity index (χ3v) is 3.65. The number of rotatable bonds is 6. The fourth-order valence-corrected chi connectivity index (χ4v) is 2.35. The molecule has 0 aliphatic rings. The van der Waals surface area contributed by atoms with Crippen molar-refractivity contribution in [3.8, 4) is 0 Å². The largest absolute Gasteiger partial charge is 0.336 e. The Morgan fingerprint density at radius 1 is 1.24 bits per heavy atom. The topological polar surface area (TPSA) is 87.5 Å². The molecule has 25 heavy (non-hydrogen) atoms. The van der Waals surface area contributed by atoms with Gasteiger partial charge in [0.25, 0.3) is 5.69 Å². The van der Waals surface area contributed by atoms with Gasteiger partial charge in [0, 0.05) is 24.4 Å². The number of halogens is 1. The molecule has 0 spiro atoms. The number of anilines is 1. The van der Waals surface area contributed by atoms with Crippen LogP contribution in [0.15, 0.2) is 48.5 Å². The molecule has 0 saturated carbocycles. The van der Waals surface area contributed by atoms with Crippen molar-refractivity contribution in [3.05, 3.63) is 70.0 Å². The van der Waals surface area contributed by atoms with Crippen molar-refractivity contribution in [2.24, 2.45) is 0 Å². The van der Waals surface area contributed by atoms with Crippen LogP contribution < -0.4 is 10.6 Å². The monoisotopic (exact) mass is 346 g/mol. The van der Waals surface area contributed by atoms with Crippen molar-refractivity contribution in [3.63, 3.8) is 0 Å². The van der Waals surface area contributed by atoms with Gasteiger partial charge in [0.05, 0.1) is 11.0 Å². The van der Waals surface area contributed by atoms with Crippen LogP contribution in [0, 0.1) is 15.9 Å². The molecule has 0 radical (unpaired) electrons. The first-order valence-corrected chi connectivity index (χ1v) is 7.58. The lowest BCUT2D eigenvalue weighted by Crippen LogP contribution is -2.36. The molecule has 2 N–H and O–H groups in total. The Bertz CT molecular complexity index is 750. The third kappa shape index (κ3) is 5.25. The van der Waals surface area contributed by atoms with E-state index in [1.165, 1.54) is 30.3 Å². The number of nitrogens with one attached hydrogen (secondary N) is 2. The van der Waals surface area contributed by atoms with Crippen molar-refractivity contribution in [1.82, 2.24) is 10.2 Å². The van der Waals surface area contributed by atoms with Gasteiger partial charge >= 0.3 is 6.03 Å². The maximum absolute atomic E-state index is 13.1. The highest BCUT2D eigenvalue weighted by Crippen LogP contribution is 2.19. The van der Waals surface area contributed by atoms with Gasteiger partial charge in [-0.1, -0.05) is 18.2 Å². The molecule has 0 fully saturated rings. The summed E-state index contributed by atoms with van der Waals surface area (Å²) in [6, 6.07) is 11.1. The van der Waals surface area contributed by atoms with E-state index in [1.807, 2.05) is 19.0 Å². The van der Waals surface area contributed by atoms with E-state index in [9.17, 15) is 19.3 Å². The molecule has 0 bridgehead atoms. The minimum atomic E-state index is -0.528. The Labute approximate surface area is 144 Å². The van der Waals surface area contributed by atoms with Gasteiger partial charge in [-0.3, -0.25) is 10.1 Å². The first-order chi connectivity index (χ1) is 11.9. The normalized spacial score (nSPS) is 11.8. The van der Waals surface area contributed by atoms with Gasteiger partial charge in [-0.25, -0.2) is 9.18 Å². The van der Waals surface area contributed by atoms with E-state index in [-0.39, 0.29) is 17.5 Å². The summed E-state index contributed by atoms with van der Waals surface area (Å²) < 4.78 is 13.1. The second-order valence-electron chi connectivity index (χ2n) is 5.67. The molecule has 2 rings (SSSR count). The lowest BCUT2D eigenvalue weighted by molar-refractivity contribution is -0.384. The molecule has 2 aromatic carbocycles. The first kappa shape index (κ1) is 18.3. The molecule has 132 valence electrons. The highest BCUT2D eigenvalue weighted by molar-refractivity contribution is 5.89. The number of carbonyl (C=O) groups is 1. The van der Waals surface area contributed by atoms with Crippen molar-refractivity contribution >= 4 is 17.4 Å². The van der Waals surface area contributed by atoms with Gasteiger partial charge in [0.15, 0.2) is 0 Å². The van der Waals surface area contributed by atoms with Gasteiger partial charge in [0.1, 0.15) is 5.82 Å². The van der Waals surface area contributed by atoms with E-state index in [0.29, 0.717) is 12.2 Å². The molecular formula is C17H19FN4O3. The van der Waals surface area contributed by atoms with E-state index in [2.05, 4.69) is 10.6 Å². The SMILES string of the molecule is CN(C)C(CNC(=O)Nc1cccc([N+](=O)[O-])c1)c1ccc(F)cc1. The minimum Gasteiger partial charge on any atom is -0.336 e. The fourth-order valence-electron chi connectivity index (χ4n) is 2.35. The zero-order valence-electron chi connectivity index (χ0n) is 13.9. The zero-order chi connectivity index (χ0) is 18.4. The second-order valence-corrected chi connectivity index (χ2v) is 5.67. The Morgan fingerprint density at radius 3 is 2.52 bits per heavy atom. The van der Waals surface area contributed by atoms with Crippen LogP contribution in [0.3, 0.4) is 0 Å². The number of nitro benzene ring substituents is 1.